The maximum atomic E-state index is 12.6. The molecule has 2 rings (SSSR count). The highest BCUT2D eigenvalue weighted by Crippen LogP contribution is 2.24. The molecule has 2 aromatic carbocycles. The summed E-state index contributed by atoms with van der Waals surface area (Å²) in [6, 6.07) is 12.5. The first-order valence-corrected chi connectivity index (χ1v) is 12.1. The van der Waals surface area contributed by atoms with E-state index >= 15 is 0 Å². The normalized spacial score (nSPS) is 11.5. The molecule has 0 spiro atoms. The lowest BCUT2D eigenvalue weighted by atomic mass is 10.1. The maximum absolute atomic E-state index is 12.6. The molecule has 2 aromatic rings. The van der Waals surface area contributed by atoms with Crippen molar-refractivity contribution in [3.63, 3.8) is 0 Å². The second-order valence-corrected chi connectivity index (χ2v) is 9.79. The van der Waals surface area contributed by atoms with Crippen molar-refractivity contribution in [1.29, 1.82) is 0 Å². The van der Waals surface area contributed by atoms with Crippen molar-refractivity contribution in [2.24, 2.45) is 0 Å². The Morgan fingerprint density at radius 3 is 2.27 bits per heavy atom. The number of nitrogens with zero attached hydrogens (tertiary/aromatic N) is 2. The van der Waals surface area contributed by atoms with Gasteiger partial charge >= 0.3 is 0 Å². The molecule has 0 saturated heterocycles. The molecule has 0 aliphatic carbocycles. The van der Waals surface area contributed by atoms with Crippen molar-refractivity contribution >= 4 is 31.9 Å². The first-order valence-electron chi connectivity index (χ1n) is 9.88. The van der Waals surface area contributed by atoms with Crippen LogP contribution >= 0.6 is 15.9 Å². The molecule has 30 heavy (non-hydrogen) atoms. The highest BCUT2D eigenvalue weighted by Gasteiger charge is 2.21. The molecular weight excluding hydrogens is 468 g/mol. The Morgan fingerprint density at radius 1 is 1.07 bits per heavy atom. The lowest BCUT2D eigenvalue weighted by Gasteiger charge is -2.19. The second-order valence-electron chi connectivity index (χ2n) is 6.94. The summed E-state index contributed by atoms with van der Waals surface area (Å²) < 4.78 is 32.9. The Kier molecular flexibility index (Phi) is 8.88. The molecule has 1 amide bonds. The number of ether oxygens (including phenoxy) is 1. The topological polar surface area (TPSA) is 66.9 Å². The van der Waals surface area contributed by atoms with Gasteiger partial charge in [-0.15, -0.1) is 0 Å². The summed E-state index contributed by atoms with van der Waals surface area (Å²) in [5.74, 6) is 0.750. The van der Waals surface area contributed by atoms with Gasteiger partial charge in [0.2, 0.25) is 15.9 Å². The van der Waals surface area contributed by atoms with Crippen molar-refractivity contribution in [3.8, 4) is 5.75 Å². The summed E-state index contributed by atoms with van der Waals surface area (Å²) in [5.41, 5.74) is 1.85. The van der Waals surface area contributed by atoms with Gasteiger partial charge in [-0.05, 0) is 42.3 Å². The quantitative estimate of drug-likeness (QED) is 0.496. The van der Waals surface area contributed by atoms with Gasteiger partial charge in [0, 0.05) is 43.1 Å². The first kappa shape index (κ1) is 24.4. The zero-order chi connectivity index (χ0) is 22.3. The number of aryl methyl sites for hydroxylation is 1. The van der Waals surface area contributed by atoms with E-state index < -0.39 is 10.0 Å². The van der Waals surface area contributed by atoms with E-state index in [1.165, 1.54) is 4.31 Å². The summed E-state index contributed by atoms with van der Waals surface area (Å²) in [6.45, 7) is 4.96. The third kappa shape index (κ3) is 6.06. The number of hydrogen-bond acceptors (Lipinski definition) is 4. The fourth-order valence-electron chi connectivity index (χ4n) is 3.20. The van der Waals surface area contributed by atoms with E-state index in [2.05, 4.69) is 15.9 Å². The molecule has 0 aliphatic heterocycles. The van der Waals surface area contributed by atoms with Crippen molar-refractivity contribution in [1.82, 2.24) is 9.21 Å². The highest BCUT2D eigenvalue weighted by atomic mass is 79.9. The van der Waals surface area contributed by atoms with E-state index in [1.807, 2.05) is 32.0 Å². The minimum atomic E-state index is -3.46. The number of hydrogen-bond donors (Lipinski definition) is 0. The molecule has 0 heterocycles. The van der Waals surface area contributed by atoms with Crippen LogP contribution in [0.1, 0.15) is 31.4 Å². The van der Waals surface area contributed by atoms with Crippen molar-refractivity contribution < 1.29 is 17.9 Å². The number of rotatable bonds is 10. The minimum absolute atomic E-state index is 0.0110. The van der Waals surface area contributed by atoms with Crippen LogP contribution in [-0.2, 0) is 27.8 Å². The van der Waals surface area contributed by atoms with Gasteiger partial charge in [0.15, 0.2) is 0 Å². The van der Waals surface area contributed by atoms with E-state index in [0.29, 0.717) is 32.5 Å². The average molecular weight is 497 g/mol. The third-order valence-electron chi connectivity index (χ3n) is 4.97. The van der Waals surface area contributed by atoms with Gasteiger partial charge in [0.05, 0.1) is 12.0 Å². The summed E-state index contributed by atoms with van der Waals surface area (Å²) in [5, 5.41) is 0. The van der Waals surface area contributed by atoms with Gasteiger partial charge in [0.25, 0.3) is 0 Å². The smallest absolute Gasteiger partial charge is 0.243 e. The molecule has 164 valence electrons. The first-order chi connectivity index (χ1) is 14.2. The predicted molar refractivity (Wildman–Crippen MR) is 122 cm³/mol. The lowest BCUT2D eigenvalue weighted by molar-refractivity contribution is -0.130. The van der Waals surface area contributed by atoms with Gasteiger partial charge in [-0.2, -0.15) is 4.31 Å². The van der Waals surface area contributed by atoms with Crippen LogP contribution < -0.4 is 4.74 Å². The van der Waals surface area contributed by atoms with Crippen LogP contribution in [0.15, 0.2) is 51.8 Å². The fourth-order valence-corrected chi connectivity index (χ4v) is 5.06. The van der Waals surface area contributed by atoms with E-state index in [4.69, 9.17) is 4.74 Å². The number of carbonyl (C=O) groups excluding carboxylic acids is 1. The van der Waals surface area contributed by atoms with E-state index in [1.54, 1.807) is 43.3 Å². The van der Waals surface area contributed by atoms with Crippen molar-refractivity contribution in [2.45, 2.75) is 38.1 Å². The van der Waals surface area contributed by atoms with E-state index in [-0.39, 0.29) is 10.8 Å². The number of amides is 1. The third-order valence-corrected chi connectivity index (χ3v) is 7.53. The standard InChI is InChI=1S/C22H29BrN2O4S/c1-5-25(6-2)30(27,28)20-11-7-17(8-12-20)9-14-22(26)24(3)16-18-15-19(23)10-13-21(18)29-4/h7-8,10-13,15H,5-6,9,14,16H2,1-4H3. The number of sulfonamides is 1. The molecule has 0 aromatic heterocycles. The number of carbonyl (C=O) groups is 1. The monoisotopic (exact) mass is 496 g/mol. The Balaban J connectivity index is 1.98. The Morgan fingerprint density at radius 2 is 1.70 bits per heavy atom. The average Bonchev–Trinajstić information content (AvgIpc) is 2.73. The summed E-state index contributed by atoms with van der Waals surface area (Å²) in [7, 11) is -0.0889. The summed E-state index contributed by atoms with van der Waals surface area (Å²) >= 11 is 3.45. The van der Waals surface area contributed by atoms with E-state index in [9.17, 15) is 13.2 Å². The molecule has 0 atom stereocenters. The van der Waals surface area contributed by atoms with Gasteiger partial charge < -0.3 is 9.64 Å². The van der Waals surface area contributed by atoms with Gasteiger partial charge in [-0.25, -0.2) is 8.42 Å². The molecule has 6 nitrogen and oxygen atoms in total. The Bertz CT molecular complexity index is 958. The number of methoxy groups -OCH3 is 1. The van der Waals surface area contributed by atoms with Crippen LogP contribution in [0.3, 0.4) is 0 Å². The largest absolute Gasteiger partial charge is 0.496 e. The van der Waals surface area contributed by atoms with Crippen LogP contribution in [0.4, 0.5) is 0 Å². The molecule has 8 heteroatoms. The van der Waals surface area contributed by atoms with Crippen molar-refractivity contribution in [2.75, 3.05) is 27.2 Å². The zero-order valence-corrected chi connectivity index (χ0v) is 20.3. The van der Waals surface area contributed by atoms with Crippen LogP contribution in [0.2, 0.25) is 0 Å². The van der Waals surface area contributed by atoms with Crippen LogP contribution in [-0.4, -0.2) is 50.8 Å². The second kappa shape index (κ2) is 10.9. The van der Waals surface area contributed by atoms with Crippen LogP contribution in [0, 0.1) is 0 Å². The zero-order valence-electron chi connectivity index (χ0n) is 17.9. The fraction of sp³-hybridized carbons (Fsp3) is 0.409. The van der Waals surface area contributed by atoms with Gasteiger partial charge in [-0.3, -0.25) is 4.79 Å². The molecule has 0 bridgehead atoms. The van der Waals surface area contributed by atoms with Gasteiger partial charge in [-0.1, -0.05) is 41.9 Å². The molecule has 0 unspecified atom stereocenters. The SMILES string of the molecule is CCN(CC)S(=O)(=O)c1ccc(CCC(=O)N(C)Cc2cc(Br)ccc2OC)cc1. The van der Waals surface area contributed by atoms with Crippen LogP contribution in [0.5, 0.6) is 5.75 Å². The lowest BCUT2D eigenvalue weighted by Crippen LogP contribution is -2.30. The summed E-state index contributed by atoms with van der Waals surface area (Å²) in [6.07, 6.45) is 0.888. The molecule has 0 N–H and O–H groups in total. The highest BCUT2D eigenvalue weighted by molar-refractivity contribution is 9.10. The predicted octanol–water partition coefficient (Wildman–Crippen LogP) is 4.08. The molecule has 0 saturated carbocycles. The molecular formula is C22H29BrN2O4S. The molecule has 0 radical (unpaired) electrons. The molecule has 0 fully saturated rings. The number of benzene rings is 2. The Labute approximate surface area is 188 Å². The Hall–Kier alpha value is -1.90. The van der Waals surface area contributed by atoms with Crippen molar-refractivity contribution in [3.05, 3.63) is 58.1 Å². The maximum Gasteiger partial charge on any atom is 0.243 e. The number of halogens is 1. The van der Waals surface area contributed by atoms with Gasteiger partial charge in [0.1, 0.15) is 5.75 Å². The van der Waals surface area contributed by atoms with E-state index in [0.717, 1.165) is 21.3 Å². The minimum Gasteiger partial charge on any atom is -0.496 e. The summed E-state index contributed by atoms with van der Waals surface area (Å²) in [4.78, 5) is 14.5. The molecule has 0 aliphatic rings. The van der Waals surface area contributed by atoms with Crippen LogP contribution in [0.25, 0.3) is 0 Å².